The molecule has 2 N–H and O–H groups in total. The van der Waals surface area contributed by atoms with Crippen LogP contribution in [0.2, 0.25) is 0 Å². The number of nitrogens with one attached hydrogen (secondary N) is 1. The van der Waals surface area contributed by atoms with Crippen molar-refractivity contribution in [3.8, 4) is 0 Å². The Bertz CT molecular complexity index is 508. The second-order valence-electron chi connectivity index (χ2n) is 5.30. The first-order chi connectivity index (χ1) is 9.19. The molecule has 0 saturated heterocycles. The van der Waals surface area contributed by atoms with Crippen molar-refractivity contribution < 1.29 is 19.4 Å². The van der Waals surface area contributed by atoms with Gasteiger partial charge in [0.15, 0.2) is 0 Å². The minimum atomic E-state index is -0.937. The summed E-state index contributed by atoms with van der Waals surface area (Å²) in [5, 5.41) is 11.6. The zero-order valence-electron chi connectivity index (χ0n) is 11.7. The third-order valence-corrected chi connectivity index (χ3v) is 3.24. The second kappa shape index (κ2) is 6.92. The quantitative estimate of drug-likeness (QED) is 0.774. The fraction of sp³-hybridized carbons (Fsp3) is 0.429. The van der Waals surface area contributed by atoms with E-state index in [1.807, 2.05) is 22.6 Å². The minimum absolute atomic E-state index is 0.287. The maximum atomic E-state index is 11.4. The molecule has 1 aromatic rings. The van der Waals surface area contributed by atoms with Crippen molar-refractivity contribution in [3.63, 3.8) is 0 Å². The molecule has 0 heterocycles. The van der Waals surface area contributed by atoms with Gasteiger partial charge in [0.1, 0.15) is 5.60 Å². The predicted octanol–water partition coefficient (Wildman–Crippen LogP) is 3.06. The first kappa shape index (κ1) is 16.7. The molecule has 0 fully saturated rings. The van der Waals surface area contributed by atoms with Gasteiger partial charge in [-0.05, 0) is 67.5 Å². The lowest BCUT2D eigenvalue weighted by molar-refractivity contribution is 0.0528. The Labute approximate surface area is 131 Å². The maximum absolute atomic E-state index is 11.4. The van der Waals surface area contributed by atoms with E-state index in [4.69, 9.17) is 9.84 Å². The highest BCUT2D eigenvalue weighted by Crippen LogP contribution is 2.15. The fourth-order valence-corrected chi connectivity index (χ4v) is 2.32. The number of alkyl carbamates (subject to hydrolysis) is 1. The van der Waals surface area contributed by atoms with Crippen molar-refractivity contribution in [3.05, 3.63) is 32.9 Å². The molecule has 0 bridgehead atoms. The van der Waals surface area contributed by atoms with E-state index >= 15 is 0 Å². The number of carbonyl (C=O) groups excluding carboxylic acids is 1. The maximum Gasteiger partial charge on any atom is 0.407 e. The molecule has 1 aromatic carbocycles. The van der Waals surface area contributed by atoms with Crippen molar-refractivity contribution >= 4 is 34.7 Å². The molecular formula is C14H18INO4. The monoisotopic (exact) mass is 391 g/mol. The number of hydrogen-bond acceptors (Lipinski definition) is 3. The summed E-state index contributed by atoms with van der Waals surface area (Å²) in [4.78, 5) is 22.3. The highest BCUT2D eigenvalue weighted by Gasteiger charge is 2.15. The van der Waals surface area contributed by atoms with E-state index in [1.54, 1.807) is 39.0 Å². The summed E-state index contributed by atoms with van der Waals surface area (Å²) < 4.78 is 5.81. The highest BCUT2D eigenvalue weighted by molar-refractivity contribution is 14.1. The third kappa shape index (κ3) is 5.77. The number of ether oxygens (including phenoxy) is 1. The number of halogens is 1. The highest BCUT2D eigenvalue weighted by atomic mass is 127. The molecule has 0 aliphatic carbocycles. The van der Waals surface area contributed by atoms with Crippen LogP contribution in [0.5, 0.6) is 0 Å². The topological polar surface area (TPSA) is 75.6 Å². The Balaban J connectivity index is 2.49. The summed E-state index contributed by atoms with van der Waals surface area (Å²) in [6.45, 7) is 5.86. The van der Waals surface area contributed by atoms with Crippen LogP contribution in [-0.2, 0) is 11.2 Å². The van der Waals surface area contributed by atoms with Gasteiger partial charge in [0, 0.05) is 10.1 Å². The first-order valence-corrected chi connectivity index (χ1v) is 7.25. The molecule has 0 atom stereocenters. The van der Waals surface area contributed by atoms with E-state index in [-0.39, 0.29) is 5.56 Å². The number of carboxylic acid groups (broad SMARTS) is 1. The van der Waals surface area contributed by atoms with Crippen LogP contribution < -0.4 is 5.32 Å². The second-order valence-corrected chi connectivity index (χ2v) is 6.46. The number of carboxylic acids is 1. The van der Waals surface area contributed by atoms with Gasteiger partial charge in [-0.3, -0.25) is 0 Å². The molecule has 0 saturated carbocycles. The molecule has 0 aliphatic heterocycles. The van der Waals surface area contributed by atoms with Crippen molar-refractivity contribution in [1.29, 1.82) is 0 Å². The zero-order valence-corrected chi connectivity index (χ0v) is 13.9. The van der Waals surface area contributed by atoms with E-state index in [0.717, 1.165) is 5.56 Å². The number of hydrogen-bond donors (Lipinski definition) is 2. The van der Waals surface area contributed by atoms with Crippen LogP contribution in [0, 0.1) is 3.57 Å². The summed E-state index contributed by atoms with van der Waals surface area (Å²) >= 11 is 1.99. The minimum Gasteiger partial charge on any atom is -0.478 e. The first-order valence-electron chi connectivity index (χ1n) is 6.17. The Morgan fingerprint density at radius 1 is 1.35 bits per heavy atom. The number of amides is 1. The number of benzene rings is 1. The van der Waals surface area contributed by atoms with Crippen molar-refractivity contribution in [2.75, 3.05) is 6.54 Å². The van der Waals surface area contributed by atoms with Crippen molar-refractivity contribution in [2.45, 2.75) is 32.8 Å². The predicted molar refractivity (Wildman–Crippen MR) is 84.1 cm³/mol. The lowest BCUT2D eigenvalue weighted by atomic mass is 10.1. The molecule has 0 unspecified atom stereocenters. The summed E-state index contributed by atoms with van der Waals surface area (Å²) in [5.41, 5.74) is 0.743. The molecule has 5 nitrogen and oxygen atoms in total. The zero-order chi connectivity index (χ0) is 15.3. The van der Waals surface area contributed by atoms with E-state index in [0.29, 0.717) is 16.5 Å². The van der Waals surface area contributed by atoms with E-state index in [1.165, 1.54) is 0 Å². The van der Waals surface area contributed by atoms with Gasteiger partial charge in [-0.1, -0.05) is 6.07 Å². The lowest BCUT2D eigenvalue weighted by Gasteiger charge is -2.19. The van der Waals surface area contributed by atoms with Gasteiger partial charge in [0.05, 0.1) is 5.56 Å². The Kier molecular flexibility index (Phi) is 5.79. The van der Waals surface area contributed by atoms with Crippen LogP contribution in [0.15, 0.2) is 18.2 Å². The summed E-state index contributed by atoms with van der Waals surface area (Å²) in [6.07, 6.45) is 0.171. The van der Waals surface area contributed by atoms with Crippen molar-refractivity contribution in [2.24, 2.45) is 0 Å². The number of aromatic carboxylic acids is 1. The average Bonchev–Trinajstić information content (AvgIpc) is 2.25. The Hall–Kier alpha value is -1.31. The van der Waals surface area contributed by atoms with Gasteiger partial charge in [-0.15, -0.1) is 0 Å². The number of rotatable bonds is 4. The smallest absolute Gasteiger partial charge is 0.407 e. The summed E-state index contributed by atoms with van der Waals surface area (Å²) in [7, 11) is 0. The molecule has 0 aromatic heterocycles. The average molecular weight is 391 g/mol. The van der Waals surface area contributed by atoms with Gasteiger partial charge in [-0.2, -0.15) is 0 Å². The fourth-order valence-electron chi connectivity index (χ4n) is 1.51. The molecule has 0 radical (unpaired) electrons. The standard InChI is InChI=1S/C14H18INO4/c1-14(2,3)20-13(19)16-7-6-9-4-5-10(12(17)18)11(15)8-9/h4-5,8H,6-7H2,1-3H3,(H,16,19)(H,17,18). The lowest BCUT2D eigenvalue weighted by Crippen LogP contribution is -2.33. The molecule has 110 valence electrons. The summed E-state index contributed by atoms with van der Waals surface area (Å²) in [5.74, 6) is -0.937. The normalized spacial score (nSPS) is 11.0. The van der Waals surface area contributed by atoms with E-state index in [2.05, 4.69) is 5.32 Å². The van der Waals surface area contributed by atoms with Crippen LogP contribution in [0.3, 0.4) is 0 Å². The SMILES string of the molecule is CC(C)(C)OC(=O)NCCc1ccc(C(=O)O)c(I)c1. The molecule has 20 heavy (non-hydrogen) atoms. The van der Waals surface area contributed by atoms with Crippen molar-refractivity contribution in [1.82, 2.24) is 5.32 Å². The van der Waals surface area contributed by atoms with Crippen LogP contribution in [0.1, 0.15) is 36.7 Å². The van der Waals surface area contributed by atoms with Crippen LogP contribution in [0.4, 0.5) is 4.79 Å². The molecule has 0 spiro atoms. The molecular weight excluding hydrogens is 373 g/mol. The van der Waals surface area contributed by atoms with Crippen LogP contribution >= 0.6 is 22.6 Å². The third-order valence-electron chi connectivity index (χ3n) is 2.35. The van der Waals surface area contributed by atoms with Crippen LogP contribution in [-0.4, -0.2) is 29.3 Å². The van der Waals surface area contributed by atoms with Gasteiger partial charge >= 0.3 is 12.1 Å². The number of carbonyl (C=O) groups is 2. The van der Waals surface area contributed by atoms with Gasteiger partial charge < -0.3 is 15.2 Å². The van der Waals surface area contributed by atoms with Crippen LogP contribution in [0.25, 0.3) is 0 Å². The largest absolute Gasteiger partial charge is 0.478 e. The molecule has 6 heteroatoms. The molecule has 0 aliphatic rings. The van der Waals surface area contributed by atoms with Gasteiger partial charge in [-0.25, -0.2) is 9.59 Å². The Morgan fingerprint density at radius 2 is 2.00 bits per heavy atom. The molecule has 1 amide bonds. The molecule has 1 rings (SSSR count). The summed E-state index contributed by atoms with van der Waals surface area (Å²) in [6, 6.07) is 5.14. The Morgan fingerprint density at radius 3 is 2.50 bits per heavy atom. The van der Waals surface area contributed by atoms with E-state index < -0.39 is 17.7 Å². The van der Waals surface area contributed by atoms with E-state index in [9.17, 15) is 9.59 Å². The van der Waals surface area contributed by atoms with Gasteiger partial charge in [0.25, 0.3) is 0 Å². The van der Waals surface area contributed by atoms with Gasteiger partial charge in [0.2, 0.25) is 0 Å².